The van der Waals surface area contributed by atoms with Crippen LogP contribution in [0.1, 0.15) is 25.7 Å². The molecule has 0 heterocycles. The number of hydrogen-bond acceptors (Lipinski definition) is 0. The molecule has 1 rings (SSSR count). The maximum absolute atomic E-state index is 2.41. The van der Waals surface area contributed by atoms with E-state index in [-0.39, 0.29) is 429 Å². The molecule has 0 aromatic heterocycles. The summed E-state index contributed by atoms with van der Waals surface area (Å²) in [6, 6.07) is 0. The zero-order valence-electron chi connectivity index (χ0n) is 5.85. The molecule has 0 spiro atoms. The topological polar surface area (TPSA) is 0 Å². The lowest BCUT2D eigenvalue weighted by molar-refractivity contribution is 0.886. The second kappa shape index (κ2) is 1210. The van der Waals surface area contributed by atoms with Crippen LogP contribution in [0, 0.1) is 0 Å². The average Bonchev–Trinajstić information content (AvgIpc) is 2.12. The van der Waals surface area contributed by atoms with Gasteiger partial charge >= 0.3 is 0 Å². The summed E-state index contributed by atoms with van der Waals surface area (Å²) in [6.07, 6.45) is 6.06. The summed E-state index contributed by atoms with van der Waals surface area (Å²) in [5.41, 5.74) is 1.13. The van der Waals surface area contributed by atoms with E-state index in [1.807, 2.05) is 0 Å². The second-order valence-electron chi connectivity index (χ2n) is 2.90. The Kier molecular flexibility index (Phi) is 35500. The number of rotatable bonds is 1. The fraction of sp³-hybridized carbons (Fsp3) is 1.00. The Morgan fingerprint density at radius 2 is 0.237 bits per heavy atom. The molecule has 0 bridgehead atoms. The van der Waals surface area contributed by atoms with Gasteiger partial charge in [-0.05, 0) is 31.8 Å². The Bertz CT molecular complexity index is 96.6. The SMILES string of the molecule is B.B.B.B.B.B.B.B.B.B.B.B.B.B.B.B.B.B.B.B.B.B.B.B.B.B.B.B.B.B.B.B.B.B.B.B.B.B.B.B.B.B.B.B.B.B.B.B.B.B.B.CP(C)C1CCCC1. The highest BCUT2D eigenvalue weighted by Gasteiger charge is 2.16. The minimum Gasteiger partial charge on any atom is -0.110 e. The van der Waals surface area contributed by atoms with Gasteiger partial charge in [0.15, 0.2) is 0 Å². The zero-order valence-corrected chi connectivity index (χ0v) is 6.75. The van der Waals surface area contributed by atoms with E-state index >= 15 is 0 Å². The highest BCUT2D eigenvalue weighted by atomic mass is 31.1. The smallest absolute Gasteiger partial charge is 0.0814 e. The number of hydrogen-bond donors (Lipinski definition) is 0. The fourth-order valence-corrected chi connectivity index (χ4v) is 2.82. The van der Waals surface area contributed by atoms with E-state index in [0.29, 0.717) is 7.92 Å². The molecule has 59 heavy (non-hydrogen) atoms. The maximum Gasteiger partial charge on any atom is 0.0814 e. The summed E-state index contributed by atoms with van der Waals surface area (Å²) in [4.78, 5) is 0. The van der Waals surface area contributed by atoms with Gasteiger partial charge in [0.25, 0.3) is 0 Å². The summed E-state index contributed by atoms with van der Waals surface area (Å²) < 4.78 is 0. The Labute approximate surface area is 478 Å². The van der Waals surface area contributed by atoms with Crippen LogP contribution in [0.5, 0.6) is 0 Å². The van der Waals surface area contributed by atoms with Gasteiger partial charge in [0.1, 0.15) is 0 Å². The first-order valence-electron chi connectivity index (χ1n) is 3.47. The first kappa shape index (κ1) is 1730. The van der Waals surface area contributed by atoms with E-state index in [0.717, 1.165) is 5.66 Å². The lowest BCUT2D eigenvalue weighted by Crippen LogP contribution is -1.94. The summed E-state index contributed by atoms with van der Waals surface area (Å²) >= 11 is 0. The molecular weight excluding hydrogens is 666 g/mol. The van der Waals surface area contributed by atoms with E-state index in [1.165, 1.54) is 25.7 Å². The van der Waals surface area contributed by atoms with Crippen molar-refractivity contribution >= 4 is 437 Å². The van der Waals surface area contributed by atoms with Crippen LogP contribution >= 0.6 is 7.92 Å². The van der Waals surface area contributed by atoms with E-state index in [4.69, 9.17) is 0 Å². The van der Waals surface area contributed by atoms with Gasteiger partial charge in [-0.15, -0.1) is 7.92 Å². The predicted octanol–water partition coefficient (Wildman–Crippen LogP) is -57.7. The highest BCUT2D eigenvalue weighted by Crippen LogP contribution is 2.42. The molecule has 0 aromatic rings. The molecule has 0 unspecified atom stereocenters. The van der Waals surface area contributed by atoms with Crippen molar-refractivity contribution in [1.29, 1.82) is 0 Å². The van der Waals surface area contributed by atoms with Crippen molar-refractivity contribution in [3.63, 3.8) is 0 Å². The molecule has 0 aromatic carbocycles. The molecule has 0 aliphatic heterocycles. The van der Waals surface area contributed by atoms with E-state index < -0.39 is 0 Å². The summed E-state index contributed by atoms with van der Waals surface area (Å²) in [5, 5.41) is 0. The lowest BCUT2D eigenvalue weighted by Gasteiger charge is -2.12. The average molecular weight is 836 g/mol. The molecule has 0 N–H and O–H groups in total. The molecule has 354 valence electrons. The molecule has 0 atom stereocenters. The third kappa shape index (κ3) is 1010. The van der Waals surface area contributed by atoms with Crippen LogP contribution < -0.4 is 0 Å². The van der Waals surface area contributed by atoms with E-state index in [9.17, 15) is 0 Å². The van der Waals surface area contributed by atoms with Gasteiger partial charge < -0.3 is 0 Å². The fourth-order valence-electron chi connectivity index (χ4n) is 1.42. The molecule has 1 aliphatic carbocycles. The van der Waals surface area contributed by atoms with Crippen molar-refractivity contribution in [1.82, 2.24) is 0 Å². The Hall–Kier alpha value is 3.74. The summed E-state index contributed by atoms with van der Waals surface area (Å²) in [7, 11) is 0.398. The van der Waals surface area contributed by atoms with Crippen molar-refractivity contribution in [2.24, 2.45) is 0 Å². The van der Waals surface area contributed by atoms with Crippen LogP contribution in [0.25, 0.3) is 0 Å². The van der Waals surface area contributed by atoms with Gasteiger partial charge in [-0.2, -0.15) is 0 Å². The highest BCUT2D eigenvalue weighted by molar-refractivity contribution is 7.56. The monoisotopic (exact) mass is 846 g/mol. The minimum absolute atomic E-state index is 0. The third-order valence-corrected chi connectivity index (χ3v) is 4.03. The second-order valence-corrected chi connectivity index (χ2v) is 5.56. The molecule has 1 fully saturated rings. The minimum atomic E-state index is 0. The van der Waals surface area contributed by atoms with Crippen molar-refractivity contribution in [2.45, 2.75) is 31.3 Å². The molecule has 1 aliphatic rings. The van der Waals surface area contributed by atoms with Gasteiger partial charge in [0.2, 0.25) is 0 Å². The van der Waals surface area contributed by atoms with Gasteiger partial charge in [-0.25, -0.2) is 0 Å². The quantitative estimate of drug-likeness (QED) is 0.182. The molecule has 0 saturated heterocycles. The Balaban J connectivity index is -0.000000000256. The zero-order chi connectivity index (χ0) is 5.98. The molecular formula is C7H168B51P. The molecule has 52 heteroatoms. The van der Waals surface area contributed by atoms with E-state index in [2.05, 4.69) is 13.3 Å². The normalized spacial score (nSPS) is 3.10. The Morgan fingerprint density at radius 1 is 0.169 bits per heavy atom. The lowest BCUT2D eigenvalue weighted by atomic mass is 10.4. The van der Waals surface area contributed by atoms with Gasteiger partial charge in [0.05, 0.1) is 429 Å². The van der Waals surface area contributed by atoms with Gasteiger partial charge in [-0.1, -0.05) is 12.8 Å². The van der Waals surface area contributed by atoms with Gasteiger partial charge in [0, 0.05) is 0 Å². The van der Waals surface area contributed by atoms with Crippen molar-refractivity contribution < 1.29 is 0 Å². The summed E-state index contributed by atoms with van der Waals surface area (Å²) in [5.74, 6) is 0. The third-order valence-electron chi connectivity index (χ3n) is 2.05. The maximum atomic E-state index is 2.41. The Morgan fingerprint density at radius 3 is 0.271 bits per heavy atom. The molecule has 0 nitrogen and oxygen atoms in total. The van der Waals surface area contributed by atoms with Crippen LogP contribution in [0.4, 0.5) is 0 Å². The van der Waals surface area contributed by atoms with Crippen LogP contribution in [0.3, 0.4) is 0 Å². The first-order chi connectivity index (χ1) is 3.80. The first-order valence-corrected chi connectivity index (χ1v) is 5.77. The van der Waals surface area contributed by atoms with Gasteiger partial charge in [-0.3, -0.25) is 0 Å². The molecule has 1 saturated carbocycles. The van der Waals surface area contributed by atoms with Crippen molar-refractivity contribution in [3.05, 3.63) is 0 Å². The van der Waals surface area contributed by atoms with Crippen molar-refractivity contribution in [3.8, 4) is 0 Å². The van der Waals surface area contributed by atoms with Crippen LogP contribution in [-0.2, 0) is 0 Å². The summed E-state index contributed by atoms with van der Waals surface area (Å²) in [6.45, 7) is 4.82. The van der Waals surface area contributed by atoms with Crippen LogP contribution in [-0.4, -0.2) is 448 Å². The van der Waals surface area contributed by atoms with Crippen LogP contribution in [0.2, 0.25) is 0 Å². The molecule has 0 amide bonds. The standard InChI is InChI=1S/C7H15P.51BH3/c1-8(2)7-5-3-4-6-7;;;;;;;;;;;;;;;;;;;;;;;;;;;;;;;;;;;;;;;;;;;;;;;;;;;/h7H,3-6H2,1-2H3;51*1H3. The molecule has 0 radical (unpaired) electrons. The predicted molar refractivity (Wildman–Crippen MR) is 548 cm³/mol. The van der Waals surface area contributed by atoms with E-state index in [1.54, 1.807) is 0 Å². The largest absolute Gasteiger partial charge is 0.110 e. The van der Waals surface area contributed by atoms with Crippen LogP contribution in [0.15, 0.2) is 0 Å². The van der Waals surface area contributed by atoms with Crippen molar-refractivity contribution in [2.75, 3.05) is 13.3 Å².